The van der Waals surface area contributed by atoms with Crippen LogP contribution < -0.4 is 4.74 Å². The summed E-state index contributed by atoms with van der Waals surface area (Å²) in [5.41, 5.74) is 0.867. The van der Waals surface area contributed by atoms with Gasteiger partial charge in [0.05, 0.1) is 6.61 Å². The van der Waals surface area contributed by atoms with E-state index in [9.17, 15) is 0 Å². The van der Waals surface area contributed by atoms with Crippen molar-refractivity contribution in [1.82, 2.24) is 14.8 Å². The molecule has 0 aliphatic heterocycles. The molecule has 5 heteroatoms. The van der Waals surface area contributed by atoms with E-state index in [1.165, 1.54) is 0 Å². The van der Waals surface area contributed by atoms with Gasteiger partial charge in [-0.15, -0.1) is 10.2 Å². The fourth-order valence-electron chi connectivity index (χ4n) is 1.28. The van der Waals surface area contributed by atoms with Gasteiger partial charge in [0.1, 0.15) is 18.7 Å². The molecule has 2 rings (SSSR count). The highest BCUT2D eigenvalue weighted by molar-refractivity contribution is 5.26. The van der Waals surface area contributed by atoms with Crippen LogP contribution >= 0.6 is 0 Å². The molecule has 1 heterocycles. The third-order valence-corrected chi connectivity index (χ3v) is 2.28. The predicted octanol–water partition coefficient (Wildman–Crippen LogP) is 0.886. The van der Waals surface area contributed by atoms with Crippen LogP contribution in [0.2, 0.25) is 0 Å². The molecule has 1 aromatic carbocycles. The van der Waals surface area contributed by atoms with Crippen molar-refractivity contribution in [3.05, 3.63) is 42.0 Å². The van der Waals surface area contributed by atoms with Crippen LogP contribution in [0.4, 0.5) is 0 Å². The van der Waals surface area contributed by atoms with Crippen molar-refractivity contribution < 1.29 is 9.84 Å². The van der Waals surface area contributed by atoms with Crippen molar-refractivity contribution >= 4 is 0 Å². The topological polar surface area (TPSA) is 60.2 Å². The molecule has 0 unspecified atom stereocenters. The molecule has 5 nitrogen and oxygen atoms in total. The lowest BCUT2D eigenvalue weighted by atomic mass is 10.2. The molecule has 0 aliphatic rings. The van der Waals surface area contributed by atoms with Gasteiger partial charge in [-0.3, -0.25) is 0 Å². The van der Waals surface area contributed by atoms with E-state index in [-0.39, 0.29) is 6.61 Å². The van der Waals surface area contributed by atoms with Gasteiger partial charge in [-0.2, -0.15) is 0 Å². The van der Waals surface area contributed by atoms with Crippen molar-refractivity contribution in [2.45, 2.75) is 13.2 Å². The number of hydrogen-bond donors (Lipinski definition) is 1. The van der Waals surface area contributed by atoms with Crippen LogP contribution in [-0.4, -0.2) is 19.9 Å². The number of nitrogens with zero attached hydrogens (tertiary/aromatic N) is 3. The summed E-state index contributed by atoms with van der Waals surface area (Å²) < 4.78 is 7.33. The van der Waals surface area contributed by atoms with Crippen LogP contribution in [0.3, 0.4) is 0 Å². The smallest absolute Gasteiger partial charge is 0.170 e. The molecule has 0 radical (unpaired) electrons. The zero-order valence-electron chi connectivity index (χ0n) is 9.00. The third-order valence-electron chi connectivity index (χ3n) is 2.28. The Morgan fingerprint density at radius 2 is 2.06 bits per heavy atom. The van der Waals surface area contributed by atoms with Crippen LogP contribution in [-0.2, 0) is 20.3 Å². The zero-order valence-corrected chi connectivity index (χ0v) is 9.00. The van der Waals surface area contributed by atoms with Gasteiger partial charge in [-0.25, -0.2) is 0 Å². The van der Waals surface area contributed by atoms with E-state index in [1.54, 1.807) is 6.33 Å². The molecule has 2 aromatic rings. The zero-order chi connectivity index (χ0) is 11.4. The summed E-state index contributed by atoms with van der Waals surface area (Å²) in [5, 5.41) is 16.6. The van der Waals surface area contributed by atoms with E-state index in [0.717, 1.165) is 17.1 Å². The Bertz CT molecular complexity index is 451. The van der Waals surface area contributed by atoms with Crippen molar-refractivity contribution in [2.75, 3.05) is 0 Å². The highest BCUT2D eigenvalue weighted by atomic mass is 16.5. The van der Waals surface area contributed by atoms with E-state index in [4.69, 9.17) is 9.84 Å². The highest BCUT2D eigenvalue weighted by Crippen LogP contribution is 2.13. The normalized spacial score (nSPS) is 10.4. The first-order valence-electron chi connectivity index (χ1n) is 4.95. The second kappa shape index (κ2) is 4.76. The summed E-state index contributed by atoms with van der Waals surface area (Å²) in [5.74, 6) is 1.52. The van der Waals surface area contributed by atoms with Crippen LogP contribution in [0.1, 0.15) is 11.4 Å². The number of aromatic nitrogens is 3. The van der Waals surface area contributed by atoms with Gasteiger partial charge in [0, 0.05) is 7.05 Å². The summed E-state index contributed by atoms with van der Waals surface area (Å²) >= 11 is 0. The number of aliphatic hydroxyl groups is 1. The molecule has 0 fully saturated rings. The minimum Gasteiger partial charge on any atom is -0.486 e. The van der Waals surface area contributed by atoms with Gasteiger partial charge in [0.25, 0.3) is 0 Å². The van der Waals surface area contributed by atoms with E-state index >= 15 is 0 Å². The van der Waals surface area contributed by atoms with E-state index in [0.29, 0.717) is 6.61 Å². The van der Waals surface area contributed by atoms with Gasteiger partial charge in [0.15, 0.2) is 5.82 Å². The molecular formula is C11H13N3O2. The van der Waals surface area contributed by atoms with E-state index in [2.05, 4.69) is 10.2 Å². The number of aryl methyl sites for hydroxylation is 1. The fraction of sp³-hybridized carbons (Fsp3) is 0.273. The first kappa shape index (κ1) is 10.6. The van der Waals surface area contributed by atoms with Crippen molar-refractivity contribution in [3.8, 4) is 5.75 Å². The molecule has 1 aromatic heterocycles. The second-order valence-electron chi connectivity index (χ2n) is 3.45. The maximum absolute atomic E-state index is 8.88. The van der Waals surface area contributed by atoms with Gasteiger partial charge >= 0.3 is 0 Å². The molecule has 0 saturated carbocycles. The van der Waals surface area contributed by atoms with Gasteiger partial charge < -0.3 is 14.4 Å². The summed E-state index contributed by atoms with van der Waals surface area (Å²) in [7, 11) is 1.87. The van der Waals surface area contributed by atoms with Gasteiger partial charge in [-0.05, 0) is 17.7 Å². The Hall–Kier alpha value is -1.88. The first-order chi connectivity index (χ1) is 7.79. The minimum atomic E-state index is 0.0452. The molecule has 16 heavy (non-hydrogen) atoms. The standard InChI is InChI=1S/C11H13N3O2/c1-14-8-12-13-11(14)7-16-10-4-2-9(6-15)3-5-10/h2-5,8,15H,6-7H2,1H3. The lowest BCUT2D eigenvalue weighted by Gasteiger charge is -2.05. The minimum absolute atomic E-state index is 0.0452. The average molecular weight is 219 g/mol. The Morgan fingerprint density at radius 3 is 2.62 bits per heavy atom. The molecular weight excluding hydrogens is 206 g/mol. The molecule has 0 aliphatic carbocycles. The van der Waals surface area contributed by atoms with E-state index < -0.39 is 0 Å². The highest BCUT2D eigenvalue weighted by Gasteiger charge is 2.01. The van der Waals surface area contributed by atoms with Crippen LogP contribution in [0, 0.1) is 0 Å². The van der Waals surface area contributed by atoms with Crippen LogP contribution in [0.15, 0.2) is 30.6 Å². The number of rotatable bonds is 4. The van der Waals surface area contributed by atoms with Crippen molar-refractivity contribution in [2.24, 2.45) is 7.05 Å². The lowest BCUT2D eigenvalue weighted by molar-refractivity contribution is 0.279. The summed E-state index contributed by atoms with van der Waals surface area (Å²) in [6, 6.07) is 7.29. The third kappa shape index (κ3) is 2.38. The van der Waals surface area contributed by atoms with Gasteiger partial charge in [0.2, 0.25) is 0 Å². The molecule has 0 amide bonds. The maximum Gasteiger partial charge on any atom is 0.170 e. The van der Waals surface area contributed by atoms with Crippen LogP contribution in [0.25, 0.3) is 0 Å². The number of aliphatic hydroxyl groups excluding tert-OH is 1. The van der Waals surface area contributed by atoms with Crippen molar-refractivity contribution in [3.63, 3.8) is 0 Å². The summed E-state index contributed by atoms with van der Waals surface area (Å²) in [6.45, 7) is 0.429. The van der Waals surface area contributed by atoms with Crippen LogP contribution in [0.5, 0.6) is 5.75 Å². The first-order valence-corrected chi connectivity index (χ1v) is 4.95. The van der Waals surface area contributed by atoms with E-state index in [1.807, 2.05) is 35.9 Å². The maximum atomic E-state index is 8.88. The molecule has 0 spiro atoms. The number of hydrogen-bond acceptors (Lipinski definition) is 4. The number of benzene rings is 1. The molecule has 84 valence electrons. The Labute approximate surface area is 93.3 Å². The van der Waals surface area contributed by atoms with Gasteiger partial charge in [-0.1, -0.05) is 12.1 Å². The number of ether oxygens (including phenoxy) is 1. The average Bonchev–Trinajstić information content (AvgIpc) is 2.73. The Kier molecular flexibility index (Phi) is 3.16. The summed E-state index contributed by atoms with van der Waals surface area (Å²) in [6.07, 6.45) is 1.63. The summed E-state index contributed by atoms with van der Waals surface area (Å²) in [4.78, 5) is 0. The lowest BCUT2D eigenvalue weighted by Crippen LogP contribution is -2.02. The predicted molar refractivity (Wildman–Crippen MR) is 57.7 cm³/mol. The quantitative estimate of drug-likeness (QED) is 0.829. The Morgan fingerprint density at radius 1 is 1.31 bits per heavy atom. The molecule has 0 atom stereocenters. The molecule has 0 bridgehead atoms. The second-order valence-corrected chi connectivity index (χ2v) is 3.45. The monoisotopic (exact) mass is 219 g/mol. The van der Waals surface area contributed by atoms with Crippen molar-refractivity contribution in [1.29, 1.82) is 0 Å². The SMILES string of the molecule is Cn1cnnc1COc1ccc(CO)cc1. The Balaban J connectivity index is 1.97. The largest absolute Gasteiger partial charge is 0.486 e. The fourth-order valence-corrected chi connectivity index (χ4v) is 1.28. The molecule has 0 saturated heterocycles. The molecule has 1 N–H and O–H groups in total.